The highest BCUT2D eigenvalue weighted by Gasteiger charge is 2.35. The van der Waals surface area contributed by atoms with Crippen molar-refractivity contribution in [2.75, 3.05) is 0 Å². The van der Waals surface area contributed by atoms with Crippen molar-refractivity contribution in [1.29, 1.82) is 0 Å². The molecule has 3 rings (SSSR count). The van der Waals surface area contributed by atoms with Crippen molar-refractivity contribution in [2.24, 2.45) is 17.8 Å². The van der Waals surface area contributed by atoms with E-state index in [9.17, 15) is 9.18 Å². The quantitative estimate of drug-likeness (QED) is 0.679. The van der Waals surface area contributed by atoms with E-state index in [4.69, 9.17) is 11.6 Å². The molecule has 0 aromatic heterocycles. The zero-order valence-electron chi connectivity index (χ0n) is 11.6. The first-order chi connectivity index (χ1) is 9.65. The van der Waals surface area contributed by atoms with Crippen LogP contribution in [0.25, 0.3) is 0 Å². The van der Waals surface area contributed by atoms with Crippen LogP contribution < -0.4 is 0 Å². The van der Waals surface area contributed by atoms with Crippen molar-refractivity contribution >= 4 is 17.4 Å². The molecule has 0 radical (unpaired) electrons. The largest absolute Gasteiger partial charge is 0.294 e. The number of ketones is 1. The Hall–Kier alpha value is -0.890. The minimum absolute atomic E-state index is 0.0358. The van der Waals surface area contributed by atoms with Gasteiger partial charge in [0.1, 0.15) is 5.82 Å². The van der Waals surface area contributed by atoms with Crippen LogP contribution in [0.4, 0.5) is 4.39 Å². The molecule has 3 heteroatoms. The van der Waals surface area contributed by atoms with Gasteiger partial charge in [-0.1, -0.05) is 37.3 Å². The topological polar surface area (TPSA) is 17.1 Å². The van der Waals surface area contributed by atoms with Gasteiger partial charge in [-0.25, -0.2) is 4.39 Å². The molecule has 0 amide bonds. The predicted molar refractivity (Wildman–Crippen MR) is 78.5 cm³/mol. The number of rotatable bonds is 2. The molecule has 0 heterocycles. The van der Waals surface area contributed by atoms with Crippen LogP contribution in [0.15, 0.2) is 18.2 Å². The maximum Gasteiger partial charge on any atom is 0.167 e. The first-order valence-electron chi connectivity index (χ1n) is 7.64. The summed E-state index contributed by atoms with van der Waals surface area (Å²) in [6.07, 6.45) is 8.27. The summed E-state index contributed by atoms with van der Waals surface area (Å²) in [5, 5.41) is 0.377. The lowest BCUT2D eigenvalue weighted by molar-refractivity contribution is 0.0763. The molecule has 0 spiro atoms. The first-order valence-corrected chi connectivity index (χ1v) is 8.02. The number of carbonyl (C=O) groups excluding carboxylic acids is 1. The lowest BCUT2D eigenvalue weighted by Gasteiger charge is -2.38. The van der Waals surface area contributed by atoms with Crippen LogP contribution in [0, 0.1) is 23.6 Å². The number of benzene rings is 1. The third-order valence-electron chi connectivity index (χ3n) is 5.10. The molecule has 2 aliphatic carbocycles. The highest BCUT2D eigenvalue weighted by molar-refractivity contribution is 6.34. The molecule has 0 aliphatic heterocycles. The zero-order valence-corrected chi connectivity index (χ0v) is 12.3. The highest BCUT2D eigenvalue weighted by atomic mass is 35.5. The van der Waals surface area contributed by atoms with Crippen molar-refractivity contribution in [3.8, 4) is 0 Å². The van der Waals surface area contributed by atoms with Gasteiger partial charge in [-0.15, -0.1) is 0 Å². The summed E-state index contributed by atoms with van der Waals surface area (Å²) in [4.78, 5) is 12.6. The molecule has 1 nitrogen and oxygen atoms in total. The smallest absolute Gasteiger partial charge is 0.167 e. The summed E-state index contributed by atoms with van der Waals surface area (Å²) in [6, 6.07) is 4.07. The van der Waals surface area contributed by atoms with Gasteiger partial charge in [0, 0.05) is 11.5 Å². The normalized spacial score (nSPS) is 29.8. The summed E-state index contributed by atoms with van der Waals surface area (Å²) in [5.41, 5.74) is 0.367. The molecular weight excluding hydrogens is 275 g/mol. The molecule has 20 heavy (non-hydrogen) atoms. The number of carbonyl (C=O) groups is 1. The Balaban J connectivity index is 1.76. The van der Waals surface area contributed by atoms with Gasteiger partial charge in [0.2, 0.25) is 0 Å². The van der Waals surface area contributed by atoms with Crippen LogP contribution in [0.5, 0.6) is 0 Å². The van der Waals surface area contributed by atoms with Crippen molar-refractivity contribution in [3.05, 3.63) is 34.6 Å². The molecule has 3 unspecified atom stereocenters. The molecule has 108 valence electrons. The fourth-order valence-corrected chi connectivity index (χ4v) is 4.23. The van der Waals surface area contributed by atoms with Gasteiger partial charge in [-0.05, 0) is 49.3 Å². The van der Waals surface area contributed by atoms with Crippen molar-refractivity contribution in [1.82, 2.24) is 0 Å². The molecule has 1 aromatic carbocycles. The fourth-order valence-electron chi connectivity index (χ4n) is 4.02. The van der Waals surface area contributed by atoms with E-state index in [1.807, 2.05) is 0 Å². The molecule has 1 aromatic rings. The van der Waals surface area contributed by atoms with E-state index >= 15 is 0 Å². The van der Waals surface area contributed by atoms with Crippen molar-refractivity contribution in [3.63, 3.8) is 0 Å². The van der Waals surface area contributed by atoms with E-state index in [-0.39, 0.29) is 17.5 Å². The van der Waals surface area contributed by atoms with E-state index in [2.05, 4.69) is 0 Å². The second-order valence-electron chi connectivity index (χ2n) is 6.30. The number of hydrogen-bond donors (Lipinski definition) is 0. The van der Waals surface area contributed by atoms with E-state index < -0.39 is 0 Å². The molecule has 0 N–H and O–H groups in total. The van der Waals surface area contributed by atoms with Crippen LogP contribution in [-0.2, 0) is 0 Å². The number of Topliss-reactive ketones (excluding diaryl/α,β-unsaturated/α-hetero) is 1. The number of halogens is 2. The molecule has 3 atom stereocenters. The van der Waals surface area contributed by atoms with Crippen molar-refractivity contribution in [2.45, 2.75) is 44.9 Å². The number of hydrogen-bond acceptors (Lipinski definition) is 1. The maximum atomic E-state index is 13.3. The molecule has 0 saturated heterocycles. The Morgan fingerprint density at radius 1 is 1.10 bits per heavy atom. The molecule has 0 bridgehead atoms. The van der Waals surface area contributed by atoms with Gasteiger partial charge in [0.25, 0.3) is 0 Å². The summed E-state index contributed by atoms with van der Waals surface area (Å²) in [5.74, 6) is 1.20. The minimum Gasteiger partial charge on any atom is -0.294 e. The lowest BCUT2D eigenvalue weighted by Crippen LogP contribution is -2.31. The van der Waals surface area contributed by atoms with Gasteiger partial charge >= 0.3 is 0 Å². The predicted octanol–water partition coefficient (Wildman–Crippen LogP) is 5.27. The lowest BCUT2D eigenvalue weighted by atomic mass is 9.66. The monoisotopic (exact) mass is 294 g/mol. The summed E-state index contributed by atoms with van der Waals surface area (Å²) in [6.45, 7) is 0. The zero-order chi connectivity index (χ0) is 14.1. The number of fused-ring (bicyclic) bond motifs is 1. The Kier molecular flexibility index (Phi) is 4.11. The standard InChI is InChI=1S/C17H20ClFO/c18-16-8-7-14(19)10-15(16)17(20)13-6-5-11-3-1-2-4-12(11)9-13/h7-8,10-13H,1-6,9H2. The van der Waals surface area contributed by atoms with Crippen LogP contribution in [0.2, 0.25) is 5.02 Å². The third kappa shape index (κ3) is 2.76. The second-order valence-corrected chi connectivity index (χ2v) is 6.71. The van der Waals surface area contributed by atoms with Gasteiger partial charge in [0.15, 0.2) is 5.78 Å². The molecule has 2 fully saturated rings. The van der Waals surface area contributed by atoms with E-state index in [0.29, 0.717) is 16.5 Å². The third-order valence-corrected chi connectivity index (χ3v) is 5.43. The van der Waals surface area contributed by atoms with Crippen LogP contribution in [-0.4, -0.2) is 5.78 Å². The van der Waals surface area contributed by atoms with Crippen LogP contribution >= 0.6 is 11.6 Å². The average Bonchev–Trinajstić information content (AvgIpc) is 2.48. The fraction of sp³-hybridized carbons (Fsp3) is 0.588. The van der Waals surface area contributed by atoms with Crippen LogP contribution in [0.3, 0.4) is 0 Å². The summed E-state index contributed by atoms with van der Waals surface area (Å²) >= 11 is 6.06. The Morgan fingerprint density at radius 2 is 1.85 bits per heavy atom. The highest BCUT2D eigenvalue weighted by Crippen LogP contribution is 2.43. The van der Waals surface area contributed by atoms with Gasteiger partial charge in [0.05, 0.1) is 5.02 Å². The average molecular weight is 295 g/mol. The van der Waals surface area contributed by atoms with E-state index in [0.717, 1.165) is 25.2 Å². The van der Waals surface area contributed by atoms with Gasteiger partial charge in [-0.3, -0.25) is 4.79 Å². The van der Waals surface area contributed by atoms with Gasteiger partial charge in [-0.2, -0.15) is 0 Å². The second kappa shape index (κ2) is 5.85. The van der Waals surface area contributed by atoms with Gasteiger partial charge < -0.3 is 0 Å². The maximum absolute atomic E-state index is 13.3. The molecule has 2 aliphatic rings. The van der Waals surface area contributed by atoms with E-state index in [1.165, 1.54) is 43.9 Å². The minimum atomic E-state index is -0.385. The first kappa shape index (κ1) is 14.1. The van der Waals surface area contributed by atoms with Crippen molar-refractivity contribution < 1.29 is 9.18 Å². The Labute approximate surface area is 124 Å². The Bertz CT molecular complexity index is 514. The molecule has 2 saturated carbocycles. The van der Waals surface area contributed by atoms with Crippen LogP contribution in [0.1, 0.15) is 55.3 Å². The SMILES string of the molecule is O=C(c1cc(F)ccc1Cl)C1CCC2CCCCC2C1. The summed E-state index contributed by atoms with van der Waals surface area (Å²) in [7, 11) is 0. The molecular formula is C17H20ClFO. The van der Waals surface area contributed by atoms with E-state index in [1.54, 1.807) is 0 Å². The Morgan fingerprint density at radius 3 is 2.65 bits per heavy atom. The summed E-state index contributed by atoms with van der Waals surface area (Å²) < 4.78 is 13.3.